The van der Waals surface area contributed by atoms with Gasteiger partial charge in [-0.2, -0.15) is 14.0 Å². The summed E-state index contributed by atoms with van der Waals surface area (Å²) in [5.41, 5.74) is 4.23. The number of nitrogens with zero attached hydrogens (tertiary/aromatic N) is 7. The second-order valence-corrected chi connectivity index (χ2v) is 6.98. The monoisotopic (exact) mass is 422 g/mol. The smallest absolute Gasteiger partial charge is 0.178 e. The lowest BCUT2D eigenvalue weighted by molar-refractivity contribution is 0.624. The molecule has 0 bridgehead atoms. The van der Waals surface area contributed by atoms with Crippen LogP contribution in [-0.2, 0) is 6.54 Å². The minimum atomic E-state index is -0.421. The summed E-state index contributed by atoms with van der Waals surface area (Å²) < 4.78 is 19.4. The van der Waals surface area contributed by atoms with Gasteiger partial charge in [-0.1, -0.05) is 13.8 Å². The highest BCUT2D eigenvalue weighted by Gasteiger charge is 2.11. The average Bonchev–Trinajstić information content (AvgIpc) is 3.39. The minimum absolute atomic E-state index is 0.373. The zero-order valence-electron chi connectivity index (χ0n) is 16.7. The number of aryl methyl sites for hydroxylation is 1. The normalized spacial score (nSPS) is 10.8. The van der Waals surface area contributed by atoms with Gasteiger partial charge in [0.15, 0.2) is 11.5 Å². The molecule has 10 heteroatoms. The summed E-state index contributed by atoms with van der Waals surface area (Å²) in [6.07, 6.45) is 2.78. The highest BCUT2D eigenvalue weighted by atomic mass is 32.1. The maximum absolute atomic E-state index is 13.4. The summed E-state index contributed by atoms with van der Waals surface area (Å²) >= 11 is 1.40. The Hall–Kier alpha value is -3.53. The highest BCUT2D eigenvalue weighted by Crippen LogP contribution is 2.23. The van der Waals surface area contributed by atoms with Crippen LogP contribution in [-0.4, -0.2) is 34.2 Å². The van der Waals surface area contributed by atoms with Crippen LogP contribution in [0.15, 0.2) is 42.7 Å². The Bertz CT molecular complexity index is 1310. The lowest BCUT2D eigenvalue weighted by atomic mass is 10.3. The van der Waals surface area contributed by atoms with Gasteiger partial charge in [-0.25, -0.2) is 9.37 Å². The van der Waals surface area contributed by atoms with E-state index < -0.39 is 5.82 Å². The van der Waals surface area contributed by atoms with E-state index in [-0.39, 0.29) is 0 Å². The Morgan fingerprint density at radius 1 is 1.10 bits per heavy atom. The number of fused-ring (bicyclic) bond motifs is 2. The lowest BCUT2D eigenvalue weighted by Gasteiger charge is -2.08. The van der Waals surface area contributed by atoms with Crippen molar-refractivity contribution in [2.45, 2.75) is 27.3 Å². The topological polar surface area (TPSA) is 93.8 Å². The molecule has 152 valence electrons. The summed E-state index contributed by atoms with van der Waals surface area (Å²) in [4.78, 5) is 9.27. The fourth-order valence-electron chi connectivity index (χ4n) is 2.88. The molecule has 8 nitrogen and oxygen atoms in total. The number of hydrogen-bond acceptors (Lipinski definition) is 8. The Morgan fingerprint density at radius 2 is 1.97 bits per heavy atom. The van der Waals surface area contributed by atoms with E-state index in [0.29, 0.717) is 29.0 Å². The Kier molecular flexibility index (Phi) is 5.57. The molecule has 1 N–H and O–H groups in total. The highest BCUT2D eigenvalue weighted by molar-refractivity contribution is 7.09. The van der Waals surface area contributed by atoms with E-state index in [9.17, 15) is 4.39 Å². The van der Waals surface area contributed by atoms with Crippen molar-refractivity contribution in [3.8, 4) is 10.6 Å². The van der Waals surface area contributed by atoms with Gasteiger partial charge in [0.1, 0.15) is 17.0 Å². The Balaban J connectivity index is 0.00000106. The number of aromatic nitrogens is 7. The molecule has 30 heavy (non-hydrogen) atoms. The van der Waals surface area contributed by atoms with E-state index in [2.05, 4.69) is 35.0 Å². The lowest BCUT2D eigenvalue weighted by Crippen LogP contribution is -2.07. The largest absolute Gasteiger partial charge is 0.376 e. The van der Waals surface area contributed by atoms with Gasteiger partial charge in [0.25, 0.3) is 0 Å². The molecule has 0 radical (unpaired) electrons. The SMILES string of the molecule is CC.Cc1cc(-c2ccc3nnc(CNc4ccnc5cc(F)cnc45)n3n2)sn1. The van der Waals surface area contributed by atoms with E-state index in [4.69, 9.17) is 0 Å². The molecule has 5 rings (SSSR count). The van der Waals surface area contributed by atoms with Crippen LogP contribution in [0.2, 0.25) is 0 Å². The summed E-state index contributed by atoms with van der Waals surface area (Å²) in [5, 5.41) is 16.3. The molecule has 0 atom stereocenters. The maximum Gasteiger partial charge on any atom is 0.178 e. The predicted octanol–water partition coefficient (Wildman–Crippen LogP) is 4.28. The average molecular weight is 422 g/mol. The first-order chi connectivity index (χ1) is 14.7. The number of hydrogen-bond donors (Lipinski definition) is 1. The van der Waals surface area contributed by atoms with E-state index in [1.165, 1.54) is 23.8 Å². The molecule has 0 aromatic carbocycles. The summed E-state index contributed by atoms with van der Waals surface area (Å²) in [6, 6.07) is 8.92. The molecule has 0 amide bonds. The molecule has 0 aliphatic carbocycles. The third kappa shape index (κ3) is 3.81. The molecule has 5 heterocycles. The summed E-state index contributed by atoms with van der Waals surface area (Å²) in [6.45, 7) is 6.32. The van der Waals surface area contributed by atoms with Crippen LogP contribution in [0.3, 0.4) is 0 Å². The van der Waals surface area contributed by atoms with Crippen molar-refractivity contribution in [3.05, 3.63) is 60.1 Å². The van der Waals surface area contributed by atoms with Crippen molar-refractivity contribution in [2.24, 2.45) is 0 Å². The molecular formula is C20H19FN8S. The van der Waals surface area contributed by atoms with Gasteiger partial charge in [0, 0.05) is 12.3 Å². The summed E-state index contributed by atoms with van der Waals surface area (Å²) in [7, 11) is 0. The molecule has 5 aromatic rings. The van der Waals surface area contributed by atoms with Crippen LogP contribution in [0, 0.1) is 12.7 Å². The Morgan fingerprint density at radius 3 is 2.77 bits per heavy atom. The molecule has 0 fully saturated rings. The first-order valence-electron chi connectivity index (χ1n) is 9.46. The molecule has 0 aliphatic rings. The van der Waals surface area contributed by atoms with Gasteiger partial charge in [0.05, 0.1) is 34.5 Å². The van der Waals surface area contributed by atoms with Crippen LogP contribution in [0.25, 0.3) is 27.3 Å². The fourth-order valence-corrected chi connectivity index (χ4v) is 3.60. The van der Waals surface area contributed by atoms with Crippen LogP contribution >= 0.6 is 11.5 Å². The van der Waals surface area contributed by atoms with Crippen molar-refractivity contribution in [1.82, 2.24) is 34.2 Å². The number of nitrogens with one attached hydrogen (secondary N) is 1. The number of rotatable bonds is 4. The second-order valence-electron chi connectivity index (χ2n) is 6.17. The van der Waals surface area contributed by atoms with Gasteiger partial charge < -0.3 is 5.32 Å². The third-order valence-corrected chi connectivity index (χ3v) is 5.09. The van der Waals surface area contributed by atoms with Crippen molar-refractivity contribution in [1.29, 1.82) is 0 Å². The molecule has 0 unspecified atom stereocenters. The quantitative estimate of drug-likeness (QED) is 0.462. The fraction of sp³-hybridized carbons (Fsp3) is 0.200. The Labute approximate surface area is 176 Å². The van der Waals surface area contributed by atoms with Gasteiger partial charge in [-0.15, -0.1) is 10.2 Å². The van der Waals surface area contributed by atoms with Crippen molar-refractivity contribution in [2.75, 3.05) is 5.32 Å². The van der Waals surface area contributed by atoms with Gasteiger partial charge in [0.2, 0.25) is 0 Å². The van der Waals surface area contributed by atoms with E-state index in [1.807, 2.05) is 39.0 Å². The standard InChI is InChI=1S/C18H13FN8S.C2H6/c1-10-6-15(28-26-10)12-2-3-16-23-24-17(27(16)25-12)9-21-13-4-5-20-14-7-11(19)8-22-18(13)14;1-2/h2-8H,9H2,1H3,(H,20,21);1-2H3. The van der Waals surface area contributed by atoms with E-state index in [1.54, 1.807) is 16.8 Å². The third-order valence-electron chi connectivity index (χ3n) is 4.19. The van der Waals surface area contributed by atoms with E-state index >= 15 is 0 Å². The maximum atomic E-state index is 13.4. The van der Waals surface area contributed by atoms with E-state index in [0.717, 1.165) is 22.0 Å². The first kappa shape index (κ1) is 19.8. The molecule has 0 spiro atoms. The first-order valence-corrected chi connectivity index (χ1v) is 10.2. The van der Waals surface area contributed by atoms with Crippen molar-refractivity contribution in [3.63, 3.8) is 0 Å². The second kappa shape index (κ2) is 8.46. The molecule has 0 saturated heterocycles. The summed E-state index contributed by atoms with van der Waals surface area (Å²) in [5.74, 6) is 0.223. The zero-order valence-corrected chi connectivity index (χ0v) is 17.5. The molecular weight excluding hydrogens is 403 g/mol. The number of pyridine rings is 2. The molecule has 5 aromatic heterocycles. The zero-order chi connectivity index (χ0) is 21.1. The number of halogens is 1. The van der Waals surface area contributed by atoms with Gasteiger partial charge in [-0.3, -0.25) is 4.98 Å². The molecule has 0 saturated carbocycles. The van der Waals surface area contributed by atoms with Gasteiger partial charge in [-0.05, 0) is 42.7 Å². The molecule has 0 aliphatic heterocycles. The van der Waals surface area contributed by atoms with Crippen LogP contribution in [0.5, 0.6) is 0 Å². The predicted molar refractivity (Wildman–Crippen MR) is 115 cm³/mol. The minimum Gasteiger partial charge on any atom is -0.376 e. The van der Waals surface area contributed by atoms with Crippen molar-refractivity contribution >= 4 is 33.9 Å². The van der Waals surface area contributed by atoms with Crippen molar-refractivity contribution < 1.29 is 4.39 Å². The van der Waals surface area contributed by atoms with Crippen LogP contribution in [0.1, 0.15) is 25.4 Å². The number of anilines is 1. The van der Waals surface area contributed by atoms with Gasteiger partial charge >= 0.3 is 0 Å². The van der Waals surface area contributed by atoms with Crippen LogP contribution in [0.4, 0.5) is 10.1 Å². The van der Waals surface area contributed by atoms with Crippen LogP contribution < -0.4 is 5.32 Å².